The molecule has 2 nitrogen and oxygen atoms in total. The fourth-order valence-electron chi connectivity index (χ4n) is 5.76. The maximum absolute atomic E-state index is 4.85. The smallest absolute Gasteiger partial charge is 0.0620 e. The van der Waals surface area contributed by atoms with Crippen LogP contribution in [0.5, 0.6) is 0 Å². The topological polar surface area (TPSA) is 17.8 Å². The first-order valence-corrected chi connectivity index (χ1v) is 11.2. The predicted octanol–water partition coefficient (Wildman–Crippen LogP) is 7.64. The highest BCUT2D eigenvalue weighted by atomic mass is 15.0. The molecule has 0 unspecified atom stereocenters. The molecule has 0 saturated heterocycles. The Hall–Kier alpha value is -3.91. The lowest BCUT2D eigenvalue weighted by molar-refractivity contribution is 0.621. The third-order valence-electron chi connectivity index (χ3n) is 7.17. The van der Waals surface area contributed by atoms with E-state index >= 15 is 0 Å². The summed E-state index contributed by atoms with van der Waals surface area (Å²) >= 11 is 0. The van der Waals surface area contributed by atoms with Gasteiger partial charge in [-0.15, -0.1) is 0 Å². The highest BCUT2D eigenvalue weighted by Gasteiger charge is 2.35. The van der Waals surface area contributed by atoms with Crippen molar-refractivity contribution in [3.05, 3.63) is 108 Å². The number of pyridine rings is 1. The molecule has 2 heterocycles. The van der Waals surface area contributed by atoms with Crippen LogP contribution in [0.25, 0.3) is 49.4 Å². The SMILES string of the molecule is CC1(C)c2ncccc2-c2cc3c4ccccc4n(-c4ccccc4)c3c3cccc1c23. The van der Waals surface area contributed by atoms with Crippen LogP contribution in [0.2, 0.25) is 0 Å². The molecule has 7 rings (SSSR count). The average molecular weight is 411 g/mol. The van der Waals surface area contributed by atoms with Gasteiger partial charge in [-0.25, -0.2) is 0 Å². The first-order chi connectivity index (χ1) is 15.7. The van der Waals surface area contributed by atoms with E-state index in [-0.39, 0.29) is 5.41 Å². The summed E-state index contributed by atoms with van der Waals surface area (Å²) in [6.07, 6.45) is 1.92. The van der Waals surface area contributed by atoms with Crippen LogP contribution in [0.3, 0.4) is 0 Å². The molecule has 1 aliphatic carbocycles. The zero-order valence-corrected chi connectivity index (χ0v) is 18.1. The number of hydrogen-bond donors (Lipinski definition) is 0. The monoisotopic (exact) mass is 410 g/mol. The minimum absolute atomic E-state index is 0.152. The van der Waals surface area contributed by atoms with Crippen LogP contribution in [-0.4, -0.2) is 9.55 Å². The van der Waals surface area contributed by atoms with E-state index < -0.39 is 0 Å². The van der Waals surface area contributed by atoms with Crippen LogP contribution in [0.1, 0.15) is 25.1 Å². The molecule has 0 radical (unpaired) electrons. The number of hydrogen-bond acceptors (Lipinski definition) is 1. The van der Waals surface area contributed by atoms with Crippen LogP contribution < -0.4 is 0 Å². The van der Waals surface area contributed by atoms with Gasteiger partial charge < -0.3 is 4.57 Å². The molecule has 2 heteroatoms. The van der Waals surface area contributed by atoms with Crippen molar-refractivity contribution in [2.75, 3.05) is 0 Å². The van der Waals surface area contributed by atoms with Gasteiger partial charge in [0.05, 0.1) is 16.7 Å². The van der Waals surface area contributed by atoms with Crippen molar-refractivity contribution >= 4 is 32.6 Å². The minimum atomic E-state index is -0.152. The van der Waals surface area contributed by atoms with Crippen molar-refractivity contribution in [3.63, 3.8) is 0 Å². The van der Waals surface area contributed by atoms with Gasteiger partial charge in [-0.3, -0.25) is 4.98 Å². The van der Waals surface area contributed by atoms with Crippen molar-refractivity contribution in [1.82, 2.24) is 9.55 Å². The molecule has 32 heavy (non-hydrogen) atoms. The molecular weight excluding hydrogens is 388 g/mol. The van der Waals surface area contributed by atoms with Crippen LogP contribution in [0.4, 0.5) is 0 Å². The standard InChI is InChI=1S/C30H22N2/c1-30(2)25-15-8-13-22-27(25)23(21-14-9-17-31-29(21)30)18-24-20-12-6-7-16-26(20)32(28(22)24)19-10-4-3-5-11-19/h3-18H,1-2H3. The van der Waals surface area contributed by atoms with E-state index in [0.717, 1.165) is 5.69 Å². The van der Waals surface area contributed by atoms with E-state index in [1.54, 1.807) is 0 Å². The lowest BCUT2D eigenvalue weighted by Gasteiger charge is -2.34. The summed E-state index contributed by atoms with van der Waals surface area (Å²) in [5.74, 6) is 0. The zero-order valence-electron chi connectivity index (χ0n) is 18.1. The highest BCUT2D eigenvalue weighted by molar-refractivity contribution is 6.23. The lowest BCUT2D eigenvalue weighted by Crippen LogP contribution is -2.25. The number of nitrogens with zero attached hydrogens (tertiary/aromatic N) is 2. The molecule has 0 N–H and O–H groups in total. The van der Waals surface area contributed by atoms with Crippen molar-refractivity contribution in [2.24, 2.45) is 0 Å². The van der Waals surface area contributed by atoms with Gasteiger partial charge >= 0.3 is 0 Å². The summed E-state index contributed by atoms with van der Waals surface area (Å²) in [4.78, 5) is 4.85. The molecule has 152 valence electrons. The largest absolute Gasteiger partial charge is 0.309 e. The Labute approximate surface area is 186 Å². The fraction of sp³-hybridized carbons (Fsp3) is 0.100. The van der Waals surface area contributed by atoms with Crippen molar-refractivity contribution in [1.29, 1.82) is 0 Å². The van der Waals surface area contributed by atoms with Crippen molar-refractivity contribution < 1.29 is 0 Å². The van der Waals surface area contributed by atoms with Crippen molar-refractivity contribution in [2.45, 2.75) is 19.3 Å². The van der Waals surface area contributed by atoms with Crippen LogP contribution in [-0.2, 0) is 5.41 Å². The first-order valence-electron chi connectivity index (χ1n) is 11.2. The molecule has 4 aromatic carbocycles. The zero-order chi connectivity index (χ0) is 21.4. The summed E-state index contributed by atoms with van der Waals surface area (Å²) in [6.45, 7) is 4.60. The second-order valence-electron chi connectivity index (χ2n) is 9.26. The molecule has 0 spiro atoms. The maximum atomic E-state index is 4.85. The Bertz CT molecular complexity index is 1690. The summed E-state index contributed by atoms with van der Waals surface area (Å²) in [7, 11) is 0. The minimum Gasteiger partial charge on any atom is -0.309 e. The van der Waals surface area contributed by atoms with Gasteiger partial charge in [-0.05, 0) is 46.8 Å². The van der Waals surface area contributed by atoms with Crippen LogP contribution in [0, 0.1) is 0 Å². The molecule has 1 aliphatic rings. The second-order valence-corrected chi connectivity index (χ2v) is 9.26. The van der Waals surface area contributed by atoms with E-state index in [0.29, 0.717) is 0 Å². The Morgan fingerprint density at radius 2 is 1.47 bits per heavy atom. The number of aromatic nitrogens is 2. The van der Waals surface area contributed by atoms with Crippen LogP contribution in [0.15, 0.2) is 97.2 Å². The van der Waals surface area contributed by atoms with Crippen molar-refractivity contribution in [3.8, 4) is 16.8 Å². The molecule has 0 bridgehead atoms. The maximum Gasteiger partial charge on any atom is 0.0620 e. The predicted molar refractivity (Wildman–Crippen MR) is 134 cm³/mol. The molecule has 6 aromatic rings. The molecule has 0 atom stereocenters. The fourth-order valence-corrected chi connectivity index (χ4v) is 5.76. The van der Waals surface area contributed by atoms with E-state index in [4.69, 9.17) is 4.98 Å². The van der Waals surface area contributed by atoms with E-state index in [1.165, 1.54) is 55.0 Å². The second kappa shape index (κ2) is 6.08. The molecule has 0 saturated carbocycles. The van der Waals surface area contributed by atoms with E-state index in [9.17, 15) is 0 Å². The Balaban J connectivity index is 1.78. The van der Waals surface area contributed by atoms with Gasteiger partial charge in [0, 0.05) is 39.0 Å². The van der Waals surface area contributed by atoms with E-state index in [1.807, 2.05) is 6.20 Å². The van der Waals surface area contributed by atoms with E-state index in [2.05, 4.69) is 109 Å². The number of para-hydroxylation sites is 2. The molecule has 0 amide bonds. The third-order valence-corrected chi connectivity index (χ3v) is 7.17. The number of rotatable bonds is 1. The van der Waals surface area contributed by atoms with Gasteiger partial charge in [0.1, 0.15) is 0 Å². The third kappa shape index (κ3) is 2.12. The lowest BCUT2D eigenvalue weighted by atomic mass is 9.70. The van der Waals surface area contributed by atoms with Crippen LogP contribution >= 0.6 is 0 Å². The first kappa shape index (κ1) is 17.7. The number of benzene rings is 4. The Morgan fingerprint density at radius 3 is 2.34 bits per heavy atom. The normalized spacial score (nSPS) is 14.2. The molecule has 0 fully saturated rings. The summed E-state index contributed by atoms with van der Waals surface area (Å²) in [5, 5.41) is 5.23. The number of fused-ring (bicyclic) bond motifs is 6. The highest BCUT2D eigenvalue weighted by Crippen LogP contribution is 2.50. The van der Waals surface area contributed by atoms with Gasteiger partial charge in [-0.1, -0.05) is 74.5 Å². The Kier molecular flexibility index (Phi) is 3.37. The van der Waals surface area contributed by atoms with Gasteiger partial charge in [0.25, 0.3) is 0 Å². The average Bonchev–Trinajstić information content (AvgIpc) is 3.18. The van der Waals surface area contributed by atoms with Gasteiger partial charge in [0.2, 0.25) is 0 Å². The summed E-state index contributed by atoms with van der Waals surface area (Å²) < 4.78 is 2.43. The van der Waals surface area contributed by atoms with Gasteiger partial charge in [-0.2, -0.15) is 0 Å². The quantitative estimate of drug-likeness (QED) is 0.272. The molecule has 2 aromatic heterocycles. The molecule has 0 aliphatic heterocycles. The summed E-state index contributed by atoms with van der Waals surface area (Å²) in [6, 6.07) is 32.9. The Morgan fingerprint density at radius 1 is 0.688 bits per heavy atom. The van der Waals surface area contributed by atoms with Gasteiger partial charge in [0.15, 0.2) is 0 Å². The summed E-state index contributed by atoms with van der Waals surface area (Å²) in [5.41, 5.74) is 8.61. The molecular formula is C30H22N2.